The van der Waals surface area contributed by atoms with Crippen LogP contribution in [-0.4, -0.2) is 24.0 Å². The van der Waals surface area contributed by atoms with Gasteiger partial charge in [-0.2, -0.15) is 5.26 Å². The van der Waals surface area contributed by atoms with E-state index in [4.69, 9.17) is 5.26 Å². The molecular formula is C19H19N4OS+. The second-order valence-corrected chi connectivity index (χ2v) is 7.08. The molecule has 2 N–H and O–H groups in total. The first kappa shape index (κ1) is 17.1. The minimum Gasteiger partial charge on any atom is -0.322 e. The Hall–Kier alpha value is -2.75. The summed E-state index contributed by atoms with van der Waals surface area (Å²) in [5.74, 6) is -0.110. The van der Waals surface area contributed by atoms with Crippen LogP contribution in [0.5, 0.6) is 0 Å². The van der Waals surface area contributed by atoms with Crippen LogP contribution in [0.15, 0.2) is 48.5 Å². The van der Waals surface area contributed by atoms with Crippen molar-refractivity contribution < 1.29 is 9.69 Å². The molecule has 0 fully saturated rings. The Kier molecular flexibility index (Phi) is 5.08. The number of likely N-dealkylation sites (N-methyl/N-ethyl adjacent to an activating group) is 1. The molecule has 0 spiro atoms. The molecular weight excluding hydrogens is 332 g/mol. The van der Waals surface area contributed by atoms with Crippen molar-refractivity contribution in [3.8, 4) is 6.07 Å². The Morgan fingerprint density at radius 2 is 2.00 bits per heavy atom. The fourth-order valence-corrected chi connectivity index (χ4v) is 3.60. The molecule has 1 aromatic heterocycles. The molecule has 5 nitrogen and oxygen atoms in total. The van der Waals surface area contributed by atoms with E-state index in [2.05, 4.69) is 22.4 Å². The maximum absolute atomic E-state index is 12.5. The summed E-state index contributed by atoms with van der Waals surface area (Å²) in [6, 6.07) is 16.9. The van der Waals surface area contributed by atoms with Crippen LogP contribution in [0.4, 0.5) is 5.69 Å². The highest BCUT2D eigenvalue weighted by Gasteiger charge is 2.23. The molecule has 1 amide bonds. The lowest BCUT2D eigenvalue weighted by atomic mass is 10.2. The van der Waals surface area contributed by atoms with Crippen LogP contribution >= 0.6 is 11.3 Å². The molecule has 0 bridgehead atoms. The quantitative estimate of drug-likeness (QED) is 0.740. The third kappa shape index (κ3) is 3.85. The van der Waals surface area contributed by atoms with Crippen molar-refractivity contribution in [3.63, 3.8) is 0 Å². The zero-order valence-electron chi connectivity index (χ0n) is 14.1. The minimum atomic E-state index is -0.265. The fraction of sp³-hybridized carbons (Fsp3) is 0.211. The highest BCUT2D eigenvalue weighted by Crippen LogP contribution is 2.20. The van der Waals surface area contributed by atoms with Gasteiger partial charge in [-0.15, -0.1) is 11.3 Å². The summed E-state index contributed by atoms with van der Waals surface area (Å²) in [6.45, 7) is 2.56. The van der Waals surface area contributed by atoms with Gasteiger partial charge in [0.2, 0.25) is 0 Å². The number of nitrogens with zero attached hydrogens (tertiary/aromatic N) is 2. The Morgan fingerprint density at radius 1 is 1.28 bits per heavy atom. The molecule has 126 valence electrons. The van der Waals surface area contributed by atoms with E-state index in [0.29, 0.717) is 17.8 Å². The van der Waals surface area contributed by atoms with Crippen LogP contribution in [0.25, 0.3) is 10.2 Å². The molecule has 1 heterocycles. The Morgan fingerprint density at radius 3 is 2.76 bits per heavy atom. The van der Waals surface area contributed by atoms with Crippen LogP contribution in [0.2, 0.25) is 0 Å². The van der Waals surface area contributed by atoms with E-state index >= 15 is 0 Å². The molecule has 25 heavy (non-hydrogen) atoms. The van der Waals surface area contributed by atoms with Gasteiger partial charge in [0.15, 0.2) is 6.04 Å². The lowest BCUT2D eigenvalue weighted by Crippen LogP contribution is -3.12. The first-order valence-corrected chi connectivity index (χ1v) is 8.87. The van der Waals surface area contributed by atoms with E-state index < -0.39 is 0 Å². The predicted octanol–water partition coefficient (Wildman–Crippen LogP) is 2.21. The minimum absolute atomic E-state index is 0.110. The smallest absolute Gasteiger partial charge is 0.282 e. The van der Waals surface area contributed by atoms with Gasteiger partial charge in [-0.05, 0) is 31.2 Å². The molecule has 0 aliphatic heterocycles. The molecule has 6 heteroatoms. The van der Waals surface area contributed by atoms with Crippen molar-refractivity contribution in [2.45, 2.75) is 19.5 Å². The Bertz CT molecular complexity index is 911. The van der Waals surface area contributed by atoms with Gasteiger partial charge in [0.1, 0.15) is 17.6 Å². The van der Waals surface area contributed by atoms with Crippen molar-refractivity contribution in [2.24, 2.45) is 0 Å². The second kappa shape index (κ2) is 7.43. The van der Waals surface area contributed by atoms with E-state index in [9.17, 15) is 4.79 Å². The lowest BCUT2D eigenvalue weighted by molar-refractivity contribution is -0.907. The molecule has 0 radical (unpaired) electrons. The number of hydrogen-bond donors (Lipinski definition) is 2. The molecule has 0 saturated heterocycles. The number of quaternary nitrogens is 1. The number of benzene rings is 2. The maximum Gasteiger partial charge on any atom is 0.282 e. The van der Waals surface area contributed by atoms with E-state index in [-0.39, 0.29) is 11.9 Å². The van der Waals surface area contributed by atoms with Crippen molar-refractivity contribution in [3.05, 3.63) is 59.1 Å². The predicted molar refractivity (Wildman–Crippen MR) is 99.5 cm³/mol. The number of hydrogen-bond acceptors (Lipinski definition) is 4. The molecule has 1 unspecified atom stereocenters. The molecule has 0 aliphatic rings. The third-order valence-electron chi connectivity index (χ3n) is 4.21. The molecule has 3 aromatic rings. The van der Waals surface area contributed by atoms with Crippen LogP contribution < -0.4 is 10.2 Å². The molecule has 3 rings (SSSR count). The van der Waals surface area contributed by atoms with E-state index in [1.165, 1.54) is 0 Å². The zero-order chi connectivity index (χ0) is 17.8. The topological polar surface area (TPSA) is 70.2 Å². The van der Waals surface area contributed by atoms with E-state index in [0.717, 1.165) is 20.1 Å². The molecule has 0 saturated carbocycles. The van der Waals surface area contributed by atoms with Crippen LogP contribution in [0.1, 0.15) is 17.5 Å². The number of carbonyl (C=O) groups excluding carboxylic acids is 1. The normalized spacial score (nSPS) is 13.2. The lowest BCUT2D eigenvalue weighted by Gasteiger charge is -2.20. The average molecular weight is 351 g/mol. The average Bonchev–Trinajstić information content (AvgIpc) is 3.03. The van der Waals surface area contributed by atoms with Crippen molar-refractivity contribution >= 4 is 33.1 Å². The van der Waals surface area contributed by atoms with Gasteiger partial charge in [0, 0.05) is 0 Å². The van der Waals surface area contributed by atoms with Gasteiger partial charge in [-0.25, -0.2) is 4.98 Å². The largest absolute Gasteiger partial charge is 0.322 e. The number of para-hydroxylation sites is 2. The number of carbonyl (C=O) groups is 1. The summed E-state index contributed by atoms with van der Waals surface area (Å²) in [6.07, 6.45) is 0. The number of rotatable bonds is 5. The van der Waals surface area contributed by atoms with Crippen molar-refractivity contribution in [2.75, 3.05) is 12.4 Å². The van der Waals surface area contributed by atoms with Crippen LogP contribution in [0, 0.1) is 11.3 Å². The fourth-order valence-electron chi connectivity index (χ4n) is 2.54. The zero-order valence-corrected chi connectivity index (χ0v) is 14.9. The summed E-state index contributed by atoms with van der Waals surface area (Å²) in [5, 5.41) is 13.0. The summed E-state index contributed by atoms with van der Waals surface area (Å²) < 4.78 is 1.16. The number of amides is 1. The summed E-state index contributed by atoms with van der Waals surface area (Å²) in [5.41, 5.74) is 2.01. The highest BCUT2D eigenvalue weighted by atomic mass is 32.1. The van der Waals surface area contributed by atoms with Crippen molar-refractivity contribution in [1.29, 1.82) is 5.26 Å². The maximum atomic E-state index is 12.5. The van der Waals surface area contributed by atoms with Gasteiger partial charge < -0.3 is 10.2 Å². The molecule has 2 aromatic carbocycles. The number of nitrogens with one attached hydrogen (secondary N) is 2. The highest BCUT2D eigenvalue weighted by molar-refractivity contribution is 7.18. The van der Waals surface area contributed by atoms with Gasteiger partial charge in [0.25, 0.3) is 5.91 Å². The third-order valence-corrected chi connectivity index (χ3v) is 5.24. The first-order chi connectivity index (χ1) is 12.1. The van der Waals surface area contributed by atoms with Crippen molar-refractivity contribution in [1.82, 2.24) is 4.98 Å². The molecule has 2 atom stereocenters. The first-order valence-electron chi connectivity index (χ1n) is 8.05. The number of aromatic nitrogens is 1. The van der Waals surface area contributed by atoms with E-state index in [1.807, 2.05) is 32.2 Å². The molecule has 0 aliphatic carbocycles. The van der Waals surface area contributed by atoms with Crippen LogP contribution in [-0.2, 0) is 11.3 Å². The monoisotopic (exact) mass is 351 g/mol. The Balaban J connectivity index is 1.68. The standard InChI is InChI=1S/C19H18N4OS/c1-13(19(24)22-15-8-4-3-7-14(15)11-20)23(2)12-18-21-16-9-5-6-10-17(16)25-18/h3-10,13H,12H2,1-2H3,(H,22,24)/p+1/t13-/m1/s1. The SMILES string of the molecule is C[C@H](C(=O)Nc1ccccc1C#N)[NH+](C)Cc1nc2ccccc2s1. The second-order valence-electron chi connectivity index (χ2n) is 5.97. The summed E-state index contributed by atoms with van der Waals surface area (Å²) >= 11 is 1.66. The van der Waals surface area contributed by atoms with Gasteiger partial charge >= 0.3 is 0 Å². The summed E-state index contributed by atoms with van der Waals surface area (Å²) in [4.78, 5) is 18.2. The van der Waals surface area contributed by atoms with Crippen LogP contribution in [0.3, 0.4) is 0 Å². The number of anilines is 1. The van der Waals surface area contributed by atoms with E-state index in [1.54, 1.807) is 35.6 Å². The number of nitriles is 1. The van der Waals surface area contributed by atoms with Gasteiger partial charge in [0.05, 0.1) is 28.5 Å². The van der Waals surface area contributed by atoms with Gasteiger partial charge in [-0.1, -0.05) is 24.3 Å². The summed E-state index contributed by atoms with van der Waals surface area (Å²) in [7, 11) is 1.98. The van der Waals surface area contributed by atoms with Gasteiger partial charge in [-0.3, -0.25) is 4.79 Å². The Labute approximate surface area is 150 Å². The number of fused-ring (bicyclic) bond motifs is 1. The number of thiazole rings is 1.